The highest BCUT2D eigenvalue weighted by atomic mass is 127. The van der Waals surface area contributed by atoms with Gasteiger partial charge in [0, 0.05) is 48.5 Å². The van der Waals surface area contributed by atoms with Gasteiger partial charge in [0.1, 0.15) is 0 Å². The van der Waals surface area contributed by atoms with E-state index >= 15 is 0 Å². The predicted octanol–water partition coefficient (Wildman–Crippen LogP) is 3.03. The number of hydrogen-bond acceptors (Lipinski definition) is 3. The van der Waals surface area contributed by atoms with Gasteiger partial charge in [0.05, 0.1) is 4.90 Å². The van der Waals surface area contributed by atoms with Crippen LogP contribution < -0.4 is 0 Å². The molecule has 0 bridgehead atoms. The van der Waals surface area contributed by atoms with E-state index in [9.17, 15) is 8.42 Å². The minimum absolute atomic E-state index is 0.194. The van der Waals surface area contributed by atoms with Gasteiger partial charge in [-0.3, -0.25) is 0 Å². The Morgan fingerprint density at radius 3 is 2.38 bits per heavy atom. The van der Waals surface area contributed by atoms with Crippen LogP contribution in [0.5, 0.6) is 0 Å². The van der Waals surface area contributed by atoms with Crippen LogP contribution in [0.15, 0.2) is 29.2 Å². The molecule has 0 aliphatic carbocycles. The van der Waals surface area contributed by atoms with Crippen molar-refractivity contribution < 1.29 is 8.42 Å². The molecule has 1 aliphatic rings. The Balaban J connectivity index is 2.42. The third-order valence-electron chi connectivity index (χ3n) is 3.82. The van der Waals surface area contributed by atoms with Gasteiger partial charge >= 0.3 is 0 Å². The average Bonchev–Trinajstić information content (AvgIpc) is 2.41. The highest BCUT2D eigenvalue weighted by Crippen LogP contribution is 2.31. The summed E-state index contributed by atoms with van der Waals surface area (Å²) >= 11 is 2.27. The minimum atomic E-state index is -3.43. The van der Waals surface area contributed by atoms with Gasteiger partial charge in [-0.05, 0) is 24.0 Å². The van der Waals surface area contributed by atoms with Crippen molar-refractivity contribution in [3.05, 3.63) is 29.8 Å². The summed E-state index contributed by atoms with van der Waals surface area (Å²) < 4.78 is 29.8. The fourth-order valence-corrected chi connectivity index (χ4v) is 4.88. The van der Waals surface area contributed by atoms with Crippen molar-refractivity contribution in [2.75, 3.05) is 19.6 Å². The molecule has 0 radical (unpaired) electrons. The molecule has 0 aromatic heterocycles. The minimum Gasteiger partial charge on any atom is -0.242 e. The number of benzene rings is 1. The van der Waals surface area contributed by atoms with E-state index in [4.69, 9.17) is 0 Å². The molecule has 0 amide bonds. The molecule has 1 aromatic rings. The molecule has 1 heterocycles. The first-order valence-corrected chi connectivity index (χ1v) is 9.56. The summed E-state index contributed by atoms with van der Waals surface area (Å²) in [6.45, 7) is 10.1. The van der Waals surface area contributed by atoms with E-state index < -0.39 is 10.0 Å². The van der Waals surface area contributed by atoms with Crippen LogP contribution in [0.1, 0.15) is 33.3 Å². The number of hydrogen-bond donors (Lipinski definition) is 0. The largest absolute Gasteiger partial charge is 0.243 e. The Morgan fingerprint density at radius 1 is 1.19 bits per heavy atom. The standard InChI is InChI=1S/C15H23IN2O2S/c1-12-11-17(9-10-18(12)16)21(19,20)14-8-6-5-7-13(14)15(2,3)4/h5-8,12H,9-11H2,1-4H3. The maximum Gasteiger partial charge on any atom is 0.243 e. The molecule has 0 spiro atoms. The number of nitrogens with zero attached hydrogens (tertiary/aromatic N) is 2. The molecule has 0 saturated carbocycles. The van der Waals surface area contributed by atoms with Gasteiger partial charge in [-0.2, -0.15) is 4.31 Å². The molecule has 1 unspecified atom stereocenters. The molecule has 1 saturated heterocycles. The van der Waals surface area contributed by atoms with Crippen LogP contribution in [-0.2, 0) is 15.4 Å². The number of rotatable bonds is 2. The van der Waals surface area contributed by atoms with Crippen LogP contribution in [0.25, 0.3) is 0 Å². The summed E-state index contributed by atoms with van der Waals surface area (Å²) in [5, 5.41) is 0. The van der Waals surface area contributed by atoms with Crippen molar-refractivity contribution in [2.45, 2.75) is 44.0 Å². The maximum atomic E-state index is 13.0. The predicted molar refractivity (Wildman–Crippen MR) is 94.1 cm³/mol. The van der Waals surface area contributed by atoms with E-state index in [0.717, 1.165) is 12.1 Å². The quantitative estimate of drug-likeness (QED) is 0.544. The maximum absolute atomic E-state index is 13.0. The second-order valence-electron chi connectivity index (χ2n) is 6.58. The molecular formula is C15H23IN2O2S. The van der Waals surface area contributed by atoms with E-state index in [1.165, 1.54) is 0 Å². The molecule has 4 nitrogen and oxygen atoms in total. The Kier molecular flexibility index (Phi) is 5.02. The summed E-state index contributed by atoms with van der Waals surface area (Å²) in [7, 11) is -3.43. The highest BCUT2D eigenvalue weighted by Gasteiger charge is 2.34. The lowest BCUT2D eigenvalue weighted by Gasteiger charge is -2.36. The first-order chi connectivity index (χ1) is 9.64. The van der Waals surface area contributed by atoms with Crippen molar-refractivity contribution in [1.82, 2.24) is 7.42 Å². The summed E-state index contributed by atoms with van der Waals surface area (Å²) in [5.41, 5.74) is 0.690. The zero-order chi connectivity index (χ0) is 15.8. The Hall–Kier alpha value is -0.180. The first-order valence-electron chi connectivity index (χ1n) is 7.16. The lowest BCUT2D eigenvalue weighted by atomic mass is 9.87. The topological polar surface area (TPSA) is 40.6 Å². The van der Waals surface area contributed by atoms with Crippen LogP contribution >= 0.6 is 22.9 Å². The molecule has 21 heavy (non-hydrogen) atoms. The van der Waals surface area contributed by atoms with E-state index in [1.54, 1.807) is 16.4 Å². The van der Waals surface area contributed by atoms with Gasteiger partial charge < -0.3 is 0 Å². The second kappa shape index (κ2) is 6.14. The first kappa shape index (κ1) is 17.2. The Labute approximate surface area is 142 Å². The third kappa shape index (κ3) is 3.60. The van der Waals surface area contributed by atoms with Gasteiger partial charge in [0.15, 0.2) is 0 Å². The van der Waals surface area contributed by atoms with Crippen LogP contribution in [0, 0.1) is 0 Å². The zero-order valence-corrected chi connectivity index (χ0v) is 16.0. The van der Waals surface area contributed by atoms with Crippen LogP contribution in [0.2, 0.25) is 0 Å². The molecule has 1 aromatic carbocycles. The highest BCUT2D eigenvalue weighted by molar-refractivity contribution is 14.1. The third-order valence-corrected chi connectivity index (χ3v) is 7.18. The van der Waals surface area contributed by atoms with Gasteiger partial charge in [-0.1, -0.05) is 39.0 Å². The van der Waals surface area contributed by atoms with E-state index in [1.807, 2.05) is 32.9 Å². The molecular weight excluding hydrogens is 399 g/mol. The number of halogens is 1. The zero-order valence-electron chi connectivity index (χ0n) is 13.0. The van der Waals surface area contributed by atoms with Gasteiger partial charge in [-0.25, -0.2) is 11.5 Å². The normalized spacial score (nSPS) is 22.4. The lowest BCUT2D eigenvalue weighted by molar-refractivity contribution is 0.243. The number of piperazine rings is 1. The monoisotopic (exact) mass is 422 g/mol. The van der Waals surface area contributed by atoms with Crippen molar-refractivity contribution in [3.8, 4) is 0 Å². The van der Waals surface area contributed by atoms with Crippen molar-refractivity contribution in [2.24, 2.45) is 0 Å². The lowest BCUT2D eigenvalue weighted by Crippen LogP contribution is -2.50. The van der Waals surface area contributed by atoms with Crippen molar-refractivity contribution in [1.29, 1.82) is 0 Å². The molecule has 118 valence electrons. The summed E-state index contributed by atoms with van der Waals surface area (Å²) in [6.07, 6.45) is 0. The number of sulfonamides is 1. The van der Waals surface area contributed by atoms with E-state index in [-0.39, 0.29) is 11.5 Å². The molecule has 1 atom stereocenters. The van der Waals surface area contributed by atoms with Crippen molar-refractivity contribution >= 4 is 32.9 Å². The summed E-state index contributed by atoms with van der Waals surface area (Å²) in [6, 6.07) is 7.60. The molecule has 6 heteroatoms. The van der Waals surface area contributed by atoms with E-state index in [0.29, 0.717) is 18.0 Å². The van der Waals surface area contributed by atoms with Crippen molar-refractivity contribution in [3.63, 3.8) is 0 Å². The van der Waals surface area contributed by atoms with Crippen LogP contribution in [-0.4, -0.2) is 41.5 Å². The Morgan fingerprint density at radius 2 is 1.81 bits per heavy atom. The molecule has 2 rings (SSSR count). The Bertz CT molecular complexity index is 610. The average molecular weight is 422 g/mol. The van der Waals surface area contributed by atoms with E-state index in [2.05, 4.69) is 32.9 Å². The summed E-state index contributed by atoms with van der Waals surface area (Å²) in [5.74, 6) is 0. The van der Waals surface area contributed by atoms with Gasteiger partial charge in [-0.15, -0.1) is 0 Å². The van der Waals surface area contributed by atoms with Gasteiger partial charge in [0.2, 0.25) is 10.0 Å². The molecule has 1 aliphatic heterocycles. The SMILES string of the molecule is CC1CN(S(=O)(=O)c2ccccc2C(C)(C)C)CCN1I. The molecule has 0 N–H and O–H groups in total. The smallest absolute Gasteiger partial charge is 0.242 e. The molecule has 1 fully saturated rings. The van der Waals surface area contributed by atoms with Crippen LogP contribution in [0.3, 0.4) is 0 Å². The summed E-state index contributed by atoms with van der Waals surface area (Å²) in [4.78, 5) is 0.451. The fraction of sp³-hybridized carbons (Fsp3) is 0.600. The van der Waals surface area contributed by atoms with Gasteiger partial charge in [0.25, 0.3) is 0 Å². The second-order valence-corrected chi connectivity index (χ2v) is 9.73. The van der Waals surface area contributed by atoms with Crippen LogP contribution in [0.4, 0.5) is 0 Å². The fourth-order valence-electron chi connectivity index (χ4n) is 2.57.